The molecular formula is C41H38N6O5S. The standard InChI is InChI=1S/C41H38N6O5S/c1-50-31-9-3-7-26-27(31)11-13-28(26)44-39-37-24(14-16-42-39)20-32(53-37)34-33(38-45-41(49)52-46-38)29(43-36-30-8-4-17-47(30)40(48)35(34)36)12-10-22-5-2-6-23(19-22)25-15-18-51-21-25/h2-3,5-7,9,14,16,19-20,25,28,30H,4,8,10-13,15,17-18,21H2,1H3,(H,42,44)(H,45,46,49)/t25?,28-,30?/m1/s1. The van der Waals surface area contributed by atoms with Crippen molar-refractivity contribution in [2.45, 2.75) is 62.9 Å². The minimum atomic E-state index is -0.656. The smallest absolute Gasteiger partial charge is 0.439 e. The first-order valence-corrected chi connectivity index (χ1v) is 19.3. The van der Waals surface area contributed by atoms with E-state index in [1.165, 1.54) is 22.3 Å². The molecule has 3 aliphatic heterocycles. The maximum atomic E-state index is 14.3. The number of hydrogen-bond acceptors (Lipinski definition) is 10. The Morgan fingerprint density at radius 1 is 1.04 bits per heavy atom. The normalized spacial score (nSPS) is 20.3. The third-order valence-electron chi connectivity index (χ3n) is 11.5. The van der Waals surface area contributed by atoms with Gasteiger partial charge in [-0.1, -0.05) is 41.6 Å². The van der Waals surface area contributed by atoms with Crippen molar-refractivity contribution in [2.24, 2.45) is 0 Å². The highest BCUT2D eigenvalue weighted by Crippen LogP contribution is 2.50. The van der Waals surface area contributed by atoms with Gasteiger partial charge in [0, 0.05) is 35.7 Å². The lowest BCUT2D eigenvalue weighted by atomic mass is 9.91. The Hall–Kier alpha value is -5.33. The summed E-state index contributed by atoms with van der Waals surface area (Å²) in [5, 5.41) is 8.96. The molecule has 2 unspecified atom stereocenters. The molecule has 268 valence electrons. The summed E-state index contributed by atoms with van der Waals surface area (Å²) < 4.78 is 17.4. The Bertz CT molecular complexity index is 2460. The number of pyridine rings is 2. The lowest BCUT2D eigenvalue weighted by Gasteiger charge is -2.17. The summed E-state index contributed by atoms with van der Waals surface area (Å²) in [4.78, 5) is 42.6. The molecule has 1 aliphatic carbocycles. The van der Waals surface area contributed by atoms with Crippen molar-refractivity contribution < 1.29 is 18.8 Å². The number of benzene rings is 2. The third kappa shape index (κ3) is 5.45. The number of nitrogens with zero attached hydrogens (tertiary/aromatic N) is 4. The van der Waals surface area contributed by atoms with E-state index >= 15 is 0 Å². The van der Waals surface area contributed by atoms with Crippen LogP contribution in [0.25, 0.3) is 31.9 Å². The Labute approximate surface area is 309 Å². The molecule has 0 spiro atoms. The van der Waals surface area contributed by atoms with Gasteiger partial charge in [-0.3, -0.25) is 19.3 Å². The lowest BCUT2D eigenvalue weighted by molar-refractivity contribution is 0.0776. The number of aromatic amines is 1. The van der Waals surface area contributed by atoms with Gasteiger partial charge in [-0.05, 0) is 90.8 Å². The summed E-state index contributed by atoms with van der Waals surface area (Å²) >= 11 is 1.59. The minimum absolute atomic E-state index is 0.0273. The number of nitrogens with one attached hydrogen (secondary N) is 2. The van der Waals surface area contributed by atoms with Crippen LogP contribution in [-0.4, -0.2) is 57.8 Å². The van der Waals surface area contributed by atoms with E-state index in [2.05, 4.69) is 51.9 Å². The monoisotopic (exact) mass is 726 g/mol. The molecule has 0 radical (unpaired) electrons. The van der Waals surface area contributed by atoms with E-state index in [-0.39, 0.29) is 23.8 Å². The fourth-order valence-corrected chi connectivity index (χ4v) is 10.1. The molecule has 2 fully saturated rings. The zero-order valence-electron chi connectivity index (χ0n) is 29.3. The summed E-state index contributed by atoms with van der Waals surface area (Å²) in [7, 11) is 1.72. The third-order valence-corrected chi connectivity index (χ3v) is 12.6. The second-order valence-electron chi connectivity index (χ2n) is 14.4. The van der Waals surface area contributed by atoms with Gasteiger partial charge in [0.2, 0.25) is 0 Å². The minimum Gasteiger partial charge on any atom is -0.496 e. The quantitative estimate of drug-likeness (QED) is 0.156. The second kappa shape index (κ2) is 13.0. The second-order valence-corrected chi connectivity index (χ2v) is 15.5. The summed E-state index contributed by atoms with van der Waals surface area (Å²) in [6.07, 6.45) is 7.83. The van der Waals surface area contributed by atoms with Crippen molar-refractivity contribution in [3.63, 3.8) is 0 Å². The Balaban J connectivity index is 1.10. The van der Waals surface area contributed by atoms with Crippen LogP contribution in [0.5, 0.6) is 5.75 Å². The van der Waals surface area contributed by atoms with Crippen LogP contribution in [0.3, 0.4) is 0 Å². The van der Waals surface area contributed by atoms with Crippen LogP contribution in [0.15, 0.2) is 70.1 Å². The van der Waals surface area contributed by atoms with Crippen molar-refractivity contribution in [2.75, 3.05) is 32.2 Å². The molecule has 2 N–H and O–H groups in total. The van der Waals surface area contributed by atoms with Gasteiger partial charge in [-0.15, -0.1) is 11.3 Å². The fourth-order valence-electron chi connectivity index (χ4n) is 8.95. The van der Waals surface area contributed by atoms with Crippen LogP contribution in [0.4, 0.5) is 5.82 Å². The van der Waals surface area contributed by atoms with E-state index in [1.54, 1.807) is 18.4 Å². The Morgan fingerprint density at radius 3 is 2.81 bits per heavy atom. The van der Waals surface area contributed by atoms with Crippen LogP contribution in [0.1, 0.15) is 87.7 Å². The first-order valence-electron chi connectivity index (χ1n) is 18.5. The number of carbonyl (C=O) groups excluding carboxylic acids is 1. The Kier molecular flexibility index (Phi) is 7.90. The van der Waals surface area contributed by atoms with Crippen LogP contribution >= 0.6 is 11.3 Å². The molecule has 4 aliphatic rings. The number of ether oxygens (including phenoxy) is 2. The van der Waals surface area contributed by atoms with Gasteiger partial charge in [-0.2, -0.15) is 0 Å². The number of H-pyrrole nitrogens is 1. The molecule has 53 heavy (non-hydrogen) atoms. The van der Waals surface area contributed by atoms with Crippen molar-refractivity contribution in [3.8, 4) is 27.6 Å². The summed E-state index contributed by atoms with van der Waals surface area (Å²) in [6.45, 7) is 2.24. The van der Waals surface area contributed by atoms with Gasteiger partial charge in [0.05, 0.1) is 53.0 Å². The molecule has 2 aromatic carbocycles. The molecule has 3 atom stereocenters. The number of hydrogen-bond donors (Lipinski definition) is 2. The molecule has 6 aromatic rings. The first-order chi connectivity index (χ1) is 26.0. The number of rotatable bonds is 9. The zero-order chi connectivity index (χ0) is 35.6. The number of anilines is 1. The fraction of sp³-hybridized carbons (Fsp3) is 0.341. The van der Waals surface area contributed by atoms with Gasteiger partial charge in [0.25, 0.3) is 5.91 Å². The summed E-state index contributed by atoms with van der Waals surface area (Å²) in [5.41, 5.74) is 8.51. The average Bonchev–Trinajstić information content (AvgIpc) is 4.04. The Morgan fingerprint density at radius 2 is 1.96 bits per heavy atom. The van der Waals surface area contributed by atoms with E-state index in [9.17, 15) is 9.59 Å². The van der Waals surface area contributed by atoms with Gasteiger partial charge < -0.3 is 19.7 Å². The van der Waals surface area contributed by atoms with Crippen molar-refractivity contribution in [1.82, 2.24) is 25.0 Å². The summed E-state index contributed by atoms with van der Waals surface area (Å²) in [5.74, 6) is 1.71. The van der Waals surface area contributed by atoms with E-state index < -0.39 is 5.76 Å². The maximum Gasteiger partial charge on any atom is 0.439 e. The van der Waals surface area contributed by atoms with Gasteiger partial charge in [0.1, 0.15) is 11.6 Å². The average molecular weight is 727 g/mol. The lowest BCUT2D eigenvalue weighted by Crippen LogP contribution is -2.22. The maximum absolute atomic E-state index is 14.3. The van der Waals surface area contributed by atoms with E-state index in [0.717, 1.165) is 95.2 Å². The van der Waals surface area contributed by atoms with Crippen LogP contribution in [0.2, 0.25) is 0 Å². The van der Waals surface area contributed by atoms with Gasteiger partial charge in [-0.25, -0.2) is 9.78 Å². The molecule has 2 saturated heterocycles. The van der Waals surface area contributed by atoms with Crippen molar-refractivity contribution in [1.29, 1.82) is 0 Å². The van der Waals surface area contributed by atoms with E-state index in [1.807, 2.05) is 29.3 Å². The molecule has 0 saturated carbocycles. The highest BCUT2D eigenvalue weighted by Gasteiger charge is 2.44. The molecule has 1 amide bonds. The molecule has 12 heteroatoms. The van der Waals surface area contributed by atoms with Gasteiger partial charge in [0.15, 0.2) is 5.82 Å². The molecule has 4 aromatic heterocycles. The number of amides is 1. The topological polar surface area (TPSA) is 135 Å². The first kappa shape index (κ1) is 32.3. The number of thiophene rings is 1. The zero-order valence-corrected chi connectivity index (χ0v) is 30.1. The van der Waals surface area contributed by atoms with Crippen molar-refractivity contribution >= 4 is 33.1 Å². The summed E-state index contributed by atoms with van der Waals surface area (Å²) in [6, 6.07) is 19.1. The predicted molar refractivity (Wildman–Crippen MR) is 202 cm³/mol. The molecule has 11 nitrogen and oxygen atoms in total. The molecule has 0 bridgehead atoms. The van der Waals surface area contributed by atoms with Crippen LogP contribution in [-0.2, 0) is 24.0 Å². The van der Waals surface area contributed by atoms with Crippen LogP contribution < -0.4 is 15.8 Å². The highest BCUT2D eigenvalue weighted by atomic mass is 32.1. The van der Waals surface area contributed by atoms with E-state index in [4.69, 9.17) is 24.0 Å². The highest BCUT2D eigenvalue weighted by molar-refractivity contribution is 7.23. The number of fused-ring (bicyclic) bond motifs is 5. The van der Waals surface area contributed by atoms with Crippen LogP contribution in [0, 0.1) is 0 Å². The predicted octanol–water partition coefficient (Wildman–Crippen LogP) is 7.39. The largest absolute Gasteiger partial charge is 0.496 e. The number of methoxy groups -OCH3 is 1. The number of carbonyl (C=O) groups is 1. The molecule has 10 rings (SSSR count). The molecular weight excluding hydrogens is 689 g/mol. The van der Waals surface area contributed by atoms with Gasteiger partial charge >= 0.3 is 5.76 Å². The SMILES string of the molecule is COc1cccc2c1CC[C@H]2Nc1nccc2cc(-c3c4c(nc(CCc5cccc(C6CCOC6)c5)c3-c3noc(=O)[nH]3)C3CCCN3C4=O)sc12. The number of aryl methyl sites for hydroxylation is 2. The van der Waals surface area contributed by atoms with E-state index in [0.29, 0.717) is 30.0 Å². The number of aromatic nitrogens is 4. The van der Waals surface area contributed by atoms with Crippen molar-refractivity contribution in [3.05, 3.63) is 111 Å². The molecule has 7 heterocycles.